The molecule has 10 atom stereocenters. The molecule has 2 aromatic rings. The molecule has 6 aliphatic rings. The molecule has 0 aromatic heterocycles. The largest absolute Gasteiger partial charge is 0.493 e. The van der Waals surface area contributed by atoms with Crippen LogP contribution in [0, 0.1) is 62.6 Å². The van der Waals surface area contributed by atoms with Crippen LogP contribution in [0.1, 0.15) is 158 Å². The minimum Gasteiger partial charge on any atom is -0.493 e. The van der Waals surface area contributed by atoms with E-state index in [2.05, 4.69) is 71.3 Å². The molecule has 5 saturated carbocycles. The molecule has 1 aliphatic heterocycles. The fourth-order valence-corrected chi connectivity index (χ4v) is 14.6. The first-order valence-corrected chi connectivity index (χ1v) is 21.8. The summed E-state index contributed by atoms with van der Waals surface area (Å²) in [7, 11) is 1.60. The van der Waals surface area contributed by atoms with Crippen LogP contribution >= 0.6 is 15.9 Å². The summed E-state index contributed by atoms with van der Waals surface area (Å²) in [4.78, 5) is 26.6. The van der Waals surface area contributed by atoms with Gasteiger partial charge < -0.3 is 14.2 Å². The lowest BCUT2D eigenvalue weighted by Crippen LogP contribution is -2.66. The maximum atomic E-state index is 13.4. The first kappa shape index (κ1) is 38.3. The molecule has 54 heavy (non-hydrogen) atoms. The highest BCUT2D eigenvalue weighted by Crippen LogP contribution is 2.77. The fraction of sp³-hybridized carbons (Fsp3) is 0.667. The number of carbonyl (C=O) groups is 2. The molecule has 0 N–H and O–H groups in total. The normalized spacial score (nSPS) is 39.0. The zero-order chi connectivity index (χ0) is 38.6. The first-order valence-electron chi connectivity index (χ1n) is 21.0. The van der Waals surface area contributed by atoms with Crippen molar-refractivity contribution in [1.29, 1.82) is 0 Å². The molecule has 0 saturated heterocycles. The molecule has 0 spiro atoms. The number of benzene rings is 2. The van der Waals surface area contributed by atoms with Crippen LogP contribution in [-0.2, 0) is 4.74 Å². The molecule has 0 radical (unpaired) electrons. The number of fused-ring (bicyclic) bond motifs is 8. The Kier molecular flexibility index (Phi) is 9.38. The van der Waals surface area contributed by atoms with Crippen molar-refractivity contribution in [3.63, 3.8) is 0 Å². The van der Waals surface area contributed by atoms with E-state index in [0.717, 1.165) is 28.1 Å². The number of ketones is 1. The van der Waals surface area contributed by atoms with Crippen LogP contribution in [0.15, 0.2) is 52.7 Å². The van der Waals surface area contributed by atoms with Gasteiger partial charge in [0.1, 0.15) is 11.7 Å². The minimum atomic E-state index is -0.669. The van der Waals surface area contributed by atoms with Crippen molar-refractivity contribution in [3.05, 3.63) is 69.4 Å². The van der Waals surface area contributed by atoms with E-state index in [1.54, 1.807) is 19.2 Å². The Bertz CT molecular complexity index is 1860. The third-order valence-electron chi connectivity index (χ3n) is 18.1. The predicted octanol–water partition coefficient (Wildman–Crippen LogP) is 13.0. The molecule has 292 valence electrons. The predicted molar refractivity (Wildman–Crippen MR) is 218 cm³/mol. The average Bonchev–Trinajstić information content (AvgIpc) is 3.70. The smallest absolute Gasteiger partial charge is 0.343 e. The monoisotopic (exact) mass is 798 g/mol. The quantitative estimate of drug-likeness (QED) is 0.159. The van der Waals surface area contributed by atoms with Crippen LogP contribution in [0.25, 0.3) is 0 Å². The van der Waals surface area contributed by atoms with Crippen LogP contribution in [0.5, 0.6) is 11.5 Å². The lowest BCUT2D eigenvalue weighted by molar-refractivity contribution is -0.243. The number of esters is 1. The number of rotatable bonds is 7. The van der Waals surface area contributed by atoms with Crippen molar-refractivity contribution in [3.8, 4) is 11.5 Å². The van der Waals surface area contributed by atoms with E-state index < -0.39 is 12.1 Å². The average molecular weight is 800 g/mol. The summed E-state index contributed by atoms with van der Waals surface area (Å²) in [6, 6.07) is 10.9. The summed E-state index contributed by atoms with van der Waals surface area (Å²) in [5, 5.41) is 0. The van der Waals surface area contributed by atoms with Gasteiger partial charge in [0.05, 0.1) is 19.8 Å². The van der Waals surface area contributed by atoms with E-state index in [1.165, 1.54) is 69.8 Å². The Morgan fingerprint density at radius 1 is 0.852 bits per heavy atom. The highest BCUT2D eigenvalue weighted by Gasteiger charge is 2.69. The van der Waals surface area contributed by atoms with Gasteiger partial charge in [-0.3, -0.25) is 4.79 Å². The number of halogens is 1. The van der Waals surface area contributed by atoms with Crippen LogP contribution in [0.4, 0.5) is 0 Å². The zero-order valence-corrected chi connectivity index (χ0v) is 35.9. The van der Waals surface area contributed by atoms with Gasteiger partial charge in [-0.05, 0) is 157 Å². The SMILES string of the molecule is COc1ccc2c(c1O/C=C(\C)[C@@H]1CCC3CC[C@]4(C)C(CCC5[C@@]6(C)CCC(C)(C)C(C)(C)C6CC[C@]54C)C31)C(=O)OC2CC(=O)c1ccc(Br)cc1. The number of carbonyl (C=O) groups excluding carboxylic acids is 2. The number of allylic oxidation sites excluding steroid dienone is 1. The van der Waals surface area contributed by atoms with Crippen LogP contribution in [0.3, 0.4) is 0 Å². The van der Waals surface area contributed by atoms with Gasteiger partial charge in [0.25, 0.3) is 0 Å². The van der Waals surface area contributed by atoms with Gasteiger partial charge in [-0.15, -0.1) is 0 Å². The molecule has 0 amide bonds. The lowest BCUT2D eigenvalue weighted by Gasteiger charge is -2.73. The molecule has 5 fully saturated rings. The molecule has 2 aromatic carbocycles. The van der Waals surface area contributed by atoms with Gasteiger partial charge in [-0.1, -0.05) is 82.6 Å². The van der Waals surface area contributed by atoms with Crippen LogP contribution in [0.2, 0.25) is 0 Å². The number of hydrogen-bond acceptors (Lipinski definition) is 5. The van der Waals surface area contributed by atoms with Gasteiger partial charge in [0, 0.05) is 15.6 Å². The van der Waals surface area contributed by atoms with E-state index in [9.17, 15) is 9.59 Å². The third kappa shape index (κ3) is 5.55. The van der Waals surface area contributed by atoms with Crippen molar-refractivity contribution >= 4 is 27.7 Å². The number of methoxy groups -OCH3 is 1. The number of hydrogen-bond donors (Lipinski definition) is 0. The molecular weight excluding hydrogens is 736 g/mol. The van der Waals surface area contributed by atoms with Crippen molar-refractivity contribution < 1.29 is 23.8 Å². The lowest BCUT2D eigenvalue weighted by atomic mass is 9.31. The minimum absolute atomic E-state index is 0.0711. The number of ether oxygens (including phenoxy) is 3. The maximum Gasteiger partial charge on any atom is 0.343 e. The van der Waals surface area contributed by atoms with Crippen molar-refractivity contribution in [1.82, 2.24) is 0 Å². The van der Waals surface area contributed by atoms with Gasteiger partial charge in [0.2, 0.25) is 0 Å². The number of Topliss-reactive ketones (excluding diaryl/α,β-unsaturated/α-hetero) is 1. The van der Waals surface area contributed by atoms with Crippen molar-refractivity contribution in [2.24, 2.45) is 62.6 Å². The molecule has 6 unspecified atom stereocenters. The zero-order valence-electron chi connectivity index (χ0n) is 34.3. The highest BCUT2D eigenvalue weighted by atomic mass is 79.9. The van der Waals surface area contributed by atoms with Gasteiger partial charge in [0.15, 0.2) is 17.3 Å². The van der Waals surface area contributed by atoms with Crippen molar-refractivity contribution in [2.75, 3.05) is 7.11 Å². The Balaban J connectivity index is 1.04. The van der Waals surface area contributed by atoms with Gasteiger partial charge in [-0.25, -0.2) is 4.79 Å². The Morgan fingerprint density at radius 3 is 2.30 bits per heavy atom. The standard InChI is InChI=1S/C48H63BrO5/c1-28(27-53-42-36(52-9)18-16-33-37(54-43(51)41(33)42)26-35(50)29-10-13-31(49)14-11-29)32-15-12-30-20-22-47(7)34(40(30)32)17-19-39-46(6)25-24-44(2,3)45(4,5)38(46)21-23-48(39,47)8/h10-11,13-14,16,18,27,30,32,34,37-40H,12,15,17,19-26H2,1-9H3/b28-27+/t30?,32-,34?,37?,38?,39?,40?,46-,47+,48+/m0/s1. The molecule has 5 aliphatic carbocycles. The first-order chi connectivity index (χ1) is 25.5. The van der Waals surface area contributed by atoms with E-state index >= 15 is 0 Å². The Hall–Kier alpha value is -2.60. The number of cyclic esters (lactones) is 1. The second-order valence-electron chi connectivity index (χ2n) is 20.4. The van der Waals surface area contributed by atoms with E-state index in [0.29, 0.717) is 67.1 Å². The molecule has 8 rings (SSSR count). The second kappa shape index (κ2) is 13.2. The van der Waals surface area contributed by atoms with Gasteiger partial charge >= 0.3 is 5.97 Å². The summed E-state index contributed by atoms with van der Waals surface area (Å²) in [5.74, 6) is 4.53. The topological polar surface area (TPSA) is 61.8 Å². The van der Waals surface area contributed by atoms with E-state index in [-0.39, 0.29) is 12.2 Å². The second-order valence-corrected chi connectivity index (χ2v) is 21.3. The Labute approximate surface area is 332 Å². The van der Waals surface area contributed by atoms with Crippen LogP contribution < -0.4 is 9.47 Å². The van der Waals surface area contributed by atoms with Crippen molar-refractivity contribution in [2.45, 2.75) is 132 Å². The maximum absolute atomic E-state index is 13.4. The fourth-order valence-electron chi connectivity index (χ4n) is 14.3. The molecule has 0 bridgehead atoms. The van der Waals surface area contributed by atoms with E-state index in [4.69, 9.17) is 14.2 Å². The summed E-state index contributed by atoms with van der Waals surface area (Å²) in [5.41, 5.74) is 4.74. The molecule has 1 heterocycles. The molecule has 5 nitrogen and oxygen atoms in total. The Morgan fingerprint density at radius 2 is 1.57 bits per heavy atom. The summed E-state index contributed by atoms with van der Waals surface area (Å²) in [6.07, 6.45) is 14.7. The third-order valence-corrected chi connectivity index (χ3v) is 18.7. The summed E-state index contributed by atoms with van der Waals surface area (Å²) in [6.45, 7) is 20.7. The van der Waals surface area contributed by atoms with Gasteiger partial charge in [-0.2, -0.15) is 0 Å². The highest BCUT2D eigenvalue weighted by molar-refractivity contribution is 9.10. The summed E-state index contributed by atoms with van der Waals surface area (Å²) < 4.78 is 19.0. The molecule has 6 heteroatoms. The van der Waals surface area contributed by atoms with E-state index in [1.807, 2.05) is 30.5 Å². The van der Waals surface area contributed by atoms with Crippen LogP contribution in [-0.4, -0.2) is 18.9 Å². The molecular formula is C48H63BrO5. The summed E-state index contributed by atoms with van der Waals surface area (Å²) >= 11 is 3.43.